The van der Waals surface area contributed by atoms with Gasteiger partial charge in [-0.25, -0.2) is 0 Å². The van der Waals surface area contributed by atoms with Crippen LogP contribution >= 0.6 is 11.6 Å². The van der Waals surface area contributed by atoms with E-state index in [1.165, 1.54) is 0 Å². The zero-order valence-electron chi connectivity index (χ0n) is 12.0. The Bertz CT molecular complexity index is 682. The van der Waals surface area contributed by atoms with Gasteiger partial charge in [0.2, 0.25) is 5.91 Å². The maximum absolute atomic E-state index is 12.2. The van der Waals surface area contributed by atoms with Crippen LogP contribution in [0.2, 0.25) is 5.02 Å². The van der Waals surface area contributed by atoms with Crippen LogP contribution in [0.3, 0.4) is 0 Å². The highest BCUT2D eigenvalue weighted by Gasteiger charge is 2.39. The predicted molar refractivity (Wildman–Crippen MR) is 83.6 cm³/mol. The van der Waals surface area contributed by atoms with Gasteiger partial charge in [0.1, 0.15) is 5.69 Å². The second kappa shape index (κ2) is 5.85. The van der Waals surface area contributed by atoms with Crippen molar-refractivity contribution >= 4 is 23.4 Å². The Hall–Kier alpha value is -2.27. The summed E-state index contributed by atoms with van der Waals surface area (Å²) in [7, 11) is 1.75. The first-order valence-corrected chi connectivity index (χ1v) is 7.39. The Balaban J connectivity index is 1.83. The van der Waals surface area contributed by atoms with Crippen LogP contribution in [0.15, 0.2) is 42.6 Å². The number of halogens is 1. The number of H-pyrrole nitrogens is 1. The van der Waals surface area contributed by atoms with Gasteiger partial charge < -0.3 is 15.2 Å². The van der Waals surface area contributed by atoms with Crippen molar-refractivity contribution in [3.63, 3.8) is 0 Å². The number of amides is 2. The molecule has 1 aliphatic rings. The minimum absolute atomic E-state index is 0.0109. The monoisotopic (exact) mass is 317 g/mol. The summed E-state index contributed by atoms with van der Waals surface area (Å²) < 4.78 is 0. The molecule has 0 spiro atoms. The summed E-state index contributed by atoms with van der Waals surface area (Å²) in [6, 6.07) is 10.4. The summed E-state index contributed by atoms with van der Waals surface area (Å²) in [5.41, 5.74) is 1.44. The molecule has 1 saturated heterocycles. The van der Waals surface area contributed by atoms with Crippen LogP contribution in [0.1, 0.15) is 28.5 Å². The van der Waals surface area contributed by atoms with E-state index in [0.717, 1.165) is 5.56 Å². The maximum atomic E-state index is 12.2. The Morgan fingerprint density at radius 3 is 2.68 bits per heavy atom. The van der Waals surface area contributed by atoms with Crippen LogP contribution < -0.4 is 5.32 Å². The van der Waals surface area contributed by atoms with Gasteiger partial charge in [-0.05, 0) is 29.8 Å². The molecule has 0 saturated carbocycles. The van der Waals surface area contributed by atoms with E-state index in [1.54, 1.807) is 42.4 Å². The van der Waals surface area contributed by atoms with Crippen molar-refractivity contribution in [2.45, 2.75) is 18.5 Å². The fourth-order valence-electron chi connectivity index (χ4n) is 2.83. The van der Waals surface area contributed by atoms with Crippen molar-refractivity contribution < 1.29 is 9.59 Å². The van der Waals surface area contributed by atoms with Gasteiger partial charge in [0.05, 0.1) is 12.1 Å². The number of nitrogens with zero attached hydrogens (tertiary/aromatic N) is 1. The standard InChI is InChI=1S/C16H16ClN3O2/c1-20-14(21)9-13(19-16(22)12-3-2-8-18-12)15(20)10-4-6-11(17)7-5-10/h2-8,13,15,18H,9H2,1H3,(H,19,22)/t13-,15-/m1/s1. The lowest BCUT2D eigenvalue weighted by Gasteiger charge is -2.26. The molecule has 0 bridgehead atoms. The molecule has 1 aromatic carbocycles. The molecular formula is C16H16ClN3O2. The minimum atomic E-state index is -0.269. The molecule has 6 heteroatoms. The molecule has 0 aliphatic carbocycles. The zero-order chi connectivity index (χ0) is 15.7. The number of carbonyl (C=O) groups excluding carboxylic acids is 2. The van der Waals surface area contributed by atoms with E-state index in [2.05, 4.69) is 10.3 Å². The molecule has 22 heavy (non-hydrogen) atoms. The van der Waals surface area contributed by atoms with Crippen molar-refractivity contribution in [1.82, 2.24) is 15.2 Å². The summed E-state index contributed by atoms with van der Waals surface area (Å²) in [6.45, 7) is 0. The van der Waals surface area contributed by atoms with E-state index in [1.807, 2.05) is 12.1 Å². The molecule has 0 radical (unpaired) electrons. The molecule has 1 aromatic heterocycles. The quantitative estimate of drug-likeness (QED) is 0.912. The highest BCUT2D eigenvalue weighted by Crippen LogP contribution is 2.32. The number of nitrogens with one attached hydrogen (secondary N) is 2. The number of aromatic amines is 1. The predicted octanol–water partition coefficient (Wildman–Crippen LogP) is 2.37. The largest absolute Gasteiger partial charge is 0.357 e. The van der Waals surface area contributed by atoms with Gasteiger partial charge in [0, 0.05) is 24.7 Å². The number of hydrogen-bond donors (Lipinski definition) is 2. The smallest absolute Gasteiger partial charge is 0.268 e. The number of hydrogen-bond acceptors (Lipinski definition) is 2. The molecule has 1 fully saturated rings. The summed E-state index contributed by atoms with van der Waals surface area (Å²) in [5, 5.41) is 3.58. The first-order valence-electron chi connectivity index (χ1n) is 7.01. The van der Waals surface area contributed by atoms with E-state index in [9.17, 15) is 9.59 Å². The normalized spacial score (nSPS) is 21.2. The minimum Gasteiger partial charge on any atom is -0.357 e. The van der Waals surface area contributed by atoms with Crippen molar-refractivity contribution in [3.8, 4) is 0 Å². The van der Waals surface area contributed by atoms with Gasteiger partial charge in [-0.3, -0.25) is 9.59 Å². The molecule has 114 valence electrons. The number of benzene rings is 1. The first-order chi connectivity index (χ1) is 10.6. The van der Waals surface area contributed by atoms with Crippen LogP contribution in [-0.4, -0.2) is 34.8 Å². The van der Waals surface area contributed by atoms with Crippen molar-refractivity contribution in [2.24, 2.45) is 0 Å². The van der Waals surface area contributed by atoms with E-state index in [4.69, 9.17) is 11.6 Å². The van der Waals surface area contributed by atoms with Gasteiger partial charge in [0.25, 0.3) is 5.91 Å². The molecule has 0 unspecified atom stereocenters. The summed E-state index contributed by atoms with van der Waals surface area (Å²) in [5.74, 6) is -0.200. The lowest BCUT2D eigenvalue weighted by Crippen LogP contribution is -2.39. The highest BCUT2D eigenvalue weighted by atomic mass is 35.5. The van der Waals surface area contributed by atoms with E-state index in [-0.39, 0.29) is 30.3 Å². The molecular weight excluding hydrogens is 302 g/mol. The van der Waals surface area contributed by atoms with Crippen molar-refractivity contribution in [3.05, 3.63) is 58.9 Å². The van der Waals surface area contributed by atoms with Crippen LogP contribution in [-0.2, 0) is 4.79 Å². The molecule has 2 N–H and O–H groups in total. The second-order valence-electron chi connectivity index (χ2n) is 5.37. The van der Waals surface area contributed by atoms with Crippen LogP contribution in [0.4, 0.5) is 0 Å². The fourth-order valence-corrected chi connectivity index (χ4v) is 2.96. The molecule has 1 aliphatic heterocycles. The SMILES string of the molecule is CN1C(=O)C[C@@H](NC(=O)c2ccc[nH]2)[C@H]1c1ccc(Cl)cc1. The fraction of sp³-hybridized carbons (Fsp3) is 0.250. The highest BCUT2D eigenvalue weighted by molar-refractivity contribution is 6.30. The molecule has 3 rings (SSSR count). The van der Waals surface area contributed by atoms with Gasteiger partial charge >= 0.3 is 0 Å². The molecule has 2 amide bonds. The number of likely N-dealkylation sites (N-methyl/N-ethyl adjacent to an activating group) is 1. The Kier molecular flexibility index (Phi) is 3.90. The van der Waals surface area contributed by atoms with E-state index >= 15 is 0 Å². The molecule has 2 heterocycles. The number of carbonyl (C=O) groups is 2. The Morgan fingerprint density at radius 1 is 1.32 bits per heavy atom. The van der Waals surface area contributed by atoms with Crippen molar-refractivity contribution in [2.75, 3.05) is 7.05 Å². The zero-order valence-corrected chi connectivity index (χ0v) is 12.8. The average Bonchev–Trinajstić information content (AvgIpc) is 3.11. The van der Waals surface area contributed by atoms with Crippen molar-refractivity contribution in [1.29, 1.82) is 0 Å². The van der Waals surface area contributed by atoms with Crippen LogP contribution in [0, 0.1) is 0 Å². The average molecular weight is 318 g/mol. The maximum Gasteiger partial charge on any atom is 0.268 e. The topological polar surface area (TPSA) is 65.2 Å². The lowest BCUT2D eigenvalue weighted by atomic mass is 10.00. The molecule has 5 nitrogen and oxygen atoms in total. The summed E-state index contributed by atoms with van der Waals surface area (Å²) in [4.78, 5) is 28.8. The van der Waals surface area contributed by atoms with E-state index < -0.39 is 0 Å². The number of likely N-dealkylation sites (tertiary alicyclic amines) is 1. The third kappa shape index (κ3) is 2.72. The van der Waals surface area contributed by atoms with Crippen LogP contribution in [0.25, 0.3) is 0 Å². The van der Waals surface area contributed by atoms with Gasteiger partial charge in [-0.15, -0.1) is 0 Å². The molecule has 2 atom stereocenters. The van der Waals surface area contributed by atoms with Gasteiger partial charge in [-0.1, -0.05) is 23.7 Å². The first kappa shape index (κ1) is 14.7. The Labute approximate surface area is 133 Å². The van der Waals surface area contributed by atoms with Gasteiger partial charge in [0.15, 0.2) is 0 Å². The molecule has 2 aromatic rings. The Morgan fingerprint density at radius 2 is 2.05 bits per heavy atom. The lowest BCUT2D eigenvalue weighted by molar-refractivity contribution is -0.127. The van der Waals surface area contributed by atoms with E-state index in [0.29, 0.717) is 10.7 Å². The second-order valence-corrected chi connectivity index (χ2v) is 5.81. The summed E-state index contributed by atoms with van der Waals surface area (Å²) in [6.07, 6.45) is 1.98. The van der Waals surface area contributed by atoms with Crippen LogP contribution in [0.5, 0.6) is 0 Å². The van der Waals surface area contributed by atoms with Gasteiger partial charge in [-0.2, -0.15) is 0 Å². The third-order valence-electron chi connectivity index (χ3n) is 3.96. The summed E-state index contributed by atoms with van der Waals surface area (Å²) >= 11 is 5.92. The number of rotatable bonds is 3. The third-order valence-corrected chi connectivity index (χ3v) is 4.21. The number of aromatic nitrogens is 1.